The number of aromatic nitrogens is 5. The van der Waals surface area contributed by atoms with Gasteiger partial charge in [0.15, 0.2) is 11.6 Å². The highest BCUT2D eigenvalue weighted by molar-refractivity contribution is 6.09. The van der Waals surface area contributed by atoms with E-state index in [0.717, 1.165) is 51.3 Å². The van der Waals surface area contributed by atoms with E-state index in [1.807, 2.05) is 48.7 Å². The third kappa shape index (κ3) is 5.03. The van der Waals surface area contributed by atoms with Crippen molar-refractivity contribution in [2.75, 3.05) is 4.90 Å². The Bertz CT molecular complexity index is 2470. The number of nitrogens with zero attached hydrogens (tertiary/aromatic N) is 6. The molecule has 6 heteroatoms. The molecule has 0 unspecified atom stereocenters. The minimum atomic E-state index is 0.728. The summed E-state index contributed by atoms with van der Waals surface area (Å²) in [6, 6.07) is 60.7. The van der Waals surface area contributed by atoms with Gasteiger partial charge in [0, 0.05) is 50.8 Å². The summed E-state index contributed by atoms with van der Waals surface area (Å²) >= 11 is 0. The molecule has 0 radical (unpaired) electrons. The molecule has 0 aliphatic heterocycles. The summed E-state index contributed by atoms with van der Waals surface area (Å²) in [5.74, 6) is 2.31. The molecule has 0 saturated heterocycles. The number of rotatable bonds is 7. The van der Waals surface area contributed by atoms with E-state index in [0.29, 0.717) is 0 Å². The molecule has 232 valence electrons. The monoisotopic (exact) mass is 630 g/mol. The molecule has 3 heterocycles. The van der Waals surface area contributed by atoms with Gasteiger partial charge in [-0.2, -0.15) is 0 Å². The number of hydrogen-bond donors (Lipinski definition) is 0. The van der Waals surface area contributed by atoms with Crippen LogP contribution < -0.4 is 4.90 Å². The van der Waals surface area contributed by atoms with Gasteiger partial charge < -0.3 is 4.57 Å². The topological polar surface area (TPSA) is 51.8 Å². The molecular weight excluding hydrogens is 601 g/mol. The number of hydrogen-bond acceptors (Lipinski definition) is 4. The first-order valence-corrected chi connectivity index (χ1v) is 16.3. The van der Waals surface area contributed by atoms with Crippen LogP contribution in [0.2, 0.25) is 0 Å². The Balaban J connectivity index is 1.12. The molecule has 0 fully saturated rings. The van der Waals surface area contributed by atoms with E-state index in [1.165, 1.54) is 21.8 Å². The van der Waals surface area contributed by atoms with Gasteiger partial charge in [0.05, 0.1) is 11.0 Å². The van der Waals surface area contributed by atoms with Crippen molar-refractivity contribution in [3.63, 3.8) is 0 Å². The third-order valence-corrected chi connectivity index (χ3v) is 8.91. The van der Waals surface area contributed by atoms with Crippen LogP contribution in [0.1, 0.15) is 0 Å². The molecule has 6 aromatic carbocycles. The molecule has 0 amide bonds. The van der Waals surface area contributed by atoms with Crippen LogP contribution in [0.5, 0.6) is 0 Å². The molecule has 0 bridgehead atoms. The maximum atomic E-state index is 5.02. The molecule has 6 nitrogen and oxygen atoms in total. The quantitative estimate of drug-likeness (QED) is 0.176. The van der Waals surface area contributed by atoms with Crippen LogP contribution in [0.3, 0.4) is 0 Å². The average Bonchev–Trinajstić information content (AvgIpc) is 3.77. The highest BCUT2D eigenvalue weighted by Crippen LogP contribution is 2.37. The zero-order valence-corrected chi connectivity index (χ0v) is 26.5. The van der Waals surface area contributed by atoms with E-state index in [-0.39, 0.29) is 0 Å². The van der Waals surface area contributed by atoms with Crippen LogP contribution in [0.25, 0.3) is 56.0 Å². The SMILES string of the molecule is c1ccc(-c2nnc(-c3ccc(N(c4ccccc4)c4ccc(-n5c6ccccc6c6ccccc65)cc4)nc3)n2-c2ccccc2)cc1. The van der Waals surface area contributed by atoms with Gasteiger partial charge in [-0.15, -0.1) is 10.2 Å². The third-order valence-electron chi connectivity index (χ3n) is 8.91. The lowest BCUT2D eigenvalue weighted by Gasteiger charge is -2.24. The van der Waals surface area contributed by atoms with E-state index < -0.39 is 0 Å². The highest BCUT2D eigenvalue weighted by Gasteiger charge is 2.20. The summed E-state index contributed by atoms with van der Waals surface area (Å²) in [4.78, 5) is 7.20. The summed E-state index contributed by atoms with van der Waals surface area (Å²) in [6.07, 6.45) is 1.88. The molecule has 0 atom stereocenters. The van der Waals surface area contributed by atoms with E-state index in [1.54, 1.807) is 0 Å². The van der Waals surface area contributed by atoms with E-state index in [9.17, 15) is 0 Å². The predicted molar refractivity (Wildman–Crippen MR) is 199 cm³/mol. The largest absolute Gasteiger partial charge is 0.309 e. The van der Waals surface area contributed by atoms with Gasteiger partial charge in [0.2, 0.25) is 0 Å². The molecule has 9 aromatic rings. The smallest absolute Gasteiger partial charge is 0.170 e. The molecular formula is C43H30N6. The fourth-order valence-corrected chi connectivity index (χ4v) is 6.66. The van der Waals surface area contributed by atoms with Crippen molar-refractivity contribution in [2.24, 2.45) is 0 Å². The molecule has 0 saturated carbocycles. The van der Waals surface area contributed by atoms with Crippen LogP contribution in [0.15, 0.2) is 182 Å². The van der Waals surface area contributed by atoms with Gasteiger partial charge in [-0.05, 0) is 72.8 Å². The van der Waals surface area contributed by atoms with Crippen molar-refractivity contribution in [1.82, 2.24) is 24.3 Å². The summed E-state index contributed by atoms with van der Waals surface area (Å²) in [5, 5.41) is 11.8. The van der Waals surface area contributed by atoms with Gasteiger partial charge in [-0.3, -0.25) is 9.47 Å². The Hall–Kier alpha value is -6.79. The number of anilines is 3. The molecule has 0 spiro atoms. The van der Waals surface area contributed by atoms with Crippen LogP contribution >= 0.6 is 0 Å². The molecule has 0 N–H and O–H groups in total. The van der Waals surface area contributed by atoms with E-state index in [2.05, 4.69) is 158 Å². The van der Waals surface area contributed by atoms with Crippen LogP contribution in [-0.2, 0) is 0 Å². The standard InChI is InChI=1S/C43H30N6/c1-4-14-31(15-5-1)42-45-46-43(49(42)34-18-8-3-9-19-34)32-24-29-41(44-30-32)47(33-16-6-2-7-17-33)35-25-27-36(28-26-35)48-39-22-12-10-20-37(39)38-21-11-13-23-40(38)48/h1-30H. The fraction of sp³-hybridized carbons (Fsp3) is 0. The van der Waals surface area contributed by atoms with Crippen molar-refractivity contribution < 1.29 is 0 Å². The maximum absolute atomic E-state index is 5.02. The van der Waals surface area contributed by atoms with Gasteiger partial charge in [0.25, 0.3) is 0 Å². The Labute approximate surface area is 283 Å². The fourth-order valence-electron chi connectivity index (χ4n) is 6.66. The Morgan fingerprint density at radius 2 is 0.898 bits per heavy atom. The van der Waals surface area contributed by atoms with Crippen LogP contribution in [-0.4, -0.2) is 24.3 Å². The maximum Gasteiger partial charge on any atom is 0.170 e. The highest BCUT2D eigenvalue weighted by atomic mass is 15.3. The molecule has 3 aromatic heterocycles. The Kier molecular flexibility index (Phi) is 7.02. The van der Waals surface area contributed by atoms with Gasteiger partial charge in [0.1, 0.15) is 5.82 Å². The normalized spacial score (nSPS) is 11.3. The lowest BCUT2D eigenvalue weighted by Crippen LogP contribution is -2.11. The lowest BCUT2D eigenvalue weighted by atomic mass is 10.2. The van der Waals surface area contributed by atoms with Crippen molar-refractivity contribution in [3.05, 3.63) is 182 Å². The van der Waals surface area contributed by atoms with Crippen molar-refractivity contribution in [2.45, 2.75) is 0 Å². The second-order valence-electron chi connectivity index (χ2n) is 11.8. The van der Waals surface area contributed by atoms with E-state index >= 15 is 0 Å². The van der Waals surface area contributed by atoms with Crippen molar-refractivity contribution in [1.29, 1.82) is 0 Å². The first-order chi connectivity index (χ1) is 24.3. The molecule has 0 aliphatic carbocycles. The zero-order valence-electron chi connectivity index (χ0n) is 26.5. The van der Waals surface area contributed by atoms with Crippen LogP contribution in [0, 0.1) is 0 Å². The summed E-state index contributed by atoms with van der Waals surface area (Å²) in [5.41, 5.74) is 8.36. The second-order valence-corrected chi connectivity index (χ2v) is 11.8. The Morgan fingerprint density at radius 1 is 0.388 bits per heavy atom. The number of fused-ring (bicyclic) bond motifs is 3. The van der Waals surface area contributed by atoms with E-state index in [4.69, 9.17) is 4.98 Å². The van der Waals surface area contributed by atoms with Crippen LogP contribution in [0.4, 0.5) is 17.2 Å². The Morgan fingerprint density at radius 3 is 1.51 bits per heavy atom. The second kappa shape index (κ2) is 12.1. The minimum Gasteiger partial charge on any atom is -0.309 e. The lowest BCUT2D eigenvalue weighted by molar-refractivity contribution is 1.07. The number of para-hydroxylation sites is 4. The van der Waals surface area contributed by atoms with Crippen molar-refractivity contribution in [3.8, 4) is 34.2 Å². The molecule has 0 aliphatic rings. The first kappa shape index (κ1) is 28.4. The first-order valence-electron chi connectivity index (χ1n) is 16.3. The molecule has 49 heavy (non-hydrogen) atoms. The minimum absolute atomic E-state index is 0.728. The predicted octanol–water partition coefficient (Wildman–Crippen LogP) is 10.6. The summed E-state index contributed by atoms with van der Waals surface area (Å²) in [7, 11) is 0. The van der Waals surface area contributed by atoms with Gasteiger partial charge in [-0.1, -0.05) is 103 Å². The summed E-state index contributed by atoms with van der Waals surface area (Å²) in [6.45, 7) is 0. The number of pyridine rings is 1. The summed E-state index contributed by atoms with van der Waals surface area (Å²) < 4.78 is 4.43. The average molecular weight is 631 g/mol. The van der Waals surface area contributed by atoms with Gasteiger partial charge >= 0.3 is 0 Å². The van der Waals surface area contributed by atoms with Crippen molar-refractivity contribution >= 4 is 39.0 Å². The number of benzene rings is 6. The van der Waals surface area contributed by atoms with Gasteiger partial charge in [-0.25, -0.2) is 4.98 Å². The zero-order chi connectivity index (χ0) is 32.6. The molecule has 9 rings (SSSR count).